The van der Waals surface area contributed by atoms with Crippen LogP contribution in [0.4, 0.5) is 13.2 Å². The number of fused-ring (bicyclic) bond motifs is 1. The average molecular weight is 590 g/mol. The van der Waals surface area contributed by atoms with E-state index in [4.69, 9.17) is 25.9 Å². The van der Waals surface area contributed by atoms with Gasteiger partial charge in [-0.25, -0.2) is 9.78 Å². The number of esters is 1. The van der Waals surface area contributed by atoms with Gasteiger partial charge in [-0.3, -0.25) is 0 Å². The molecule has 0 saturated carbocycles. The lowest BCUT2D eigenvalue weighted by Crippen LogP contribution is -2.32. The van der Waals surface area contributed by atoms with Crippen LogP contribution in [0.25, 0.3) is 11.0 Å². The molecule has 0 spiro atoms. The maximum Gasteiger partial charge on any atom is 0.411 e. The minimum atomic E-state index is -4.55. The number of hydrogen-bond acceptors (Lipinski definition) is 7. The van der Waals surface area contributed by atoms with Crippen LogP contribution >= 0.6 is 11.6 Å². The van der Waals surface area contributed by atoms with Crippen molar-refractivity contribution in [2.45, 2.75) is 25.2 Å². The molecule has 0 bridgehead atoms. The molecule has 0 aliphatic heterocycles. The molecule has 0 amide bonds. The highest BCUT2D eigenvalue weighted by Gasteiger charge is 2.32. The Kier molecular flexibility index (Phi) is 9.85. The van der Waals surface area contributed by atoms with Crippen LogP contribution in [0.3, 0.4) is 0 Å². The number of hydrogen-bond donors (Lipinski definition) is 0. The summed E-state index contributed by atoms with van der Waals surface area (Å²) in [7, 11) is 2.57. The summed E-state index contributed by atoms with van der Waals surface area (Å²) in [5.74, 6) is -0.329. The molecule has 0 saturated heterocycles. The molecule has 4 rings (SSSR count). The Labute approximate surface area is 239 Å². The van der Waals surface area contributed by atoms with Crippen LogP contribution in [0.15, 0.2) is 78.2 Å². The van der Waals surface area contributed by atoms with E-state index in [-0.39, 0.29) is 6.42 Å². The molecule has 0 fully saturated rings. The number of carbonyl (C=O) groups excluding carboxylic acids is 1. The van der Waals surface area contributed by atoms with Gasteiger partial charge in [-0.15, -0.1) is 0 Å². The highest BCUT2D eigenvalue weighted by molar-refractivity contribution is 6.39. The monoisotopic (exact) mass is 589 g/mol. The number of halogens is 4. The van der Waals surface area contributed by atoms with Crippen LogP contribution in [-0.4, -0.2) is 60.9 Å². The SMILES string of the molecule is CON=C(c1ccccc1)c1cnc2c(ccn2CCOc2ccc(CC(OCC(F)(F)F)C(=O)OC)cc2)c1Cl. The van der Waals surface area contributed by atoms with Gasteiger partial charge in [0.25, 0.3) is 0 Å². The van der Waals surface area contributed by atoms with E-state index < -0.39 is 24.9 Å². The van der Waals surface area contributed by atoms with Gasteiger partial charge in [0.2, 0.25) is 0 Å². The van der Waals surface area contributed by atoms with Crippen LogP contribution in [0, 0.1) is 0 Å². The fourth-order valence-electron chi connectivity index (χ4n) is 4.13. The van der Waals surface area contributed by atoms with Crippen molar-refractivity contribution in [1.82, 2.24) is 9.55 Å². The van der Waals surface area contributed by atoms with Crippen LogP contribution in [-0.2, 0) is 32.1 Å². The third-order valence-corrected chi connectivity index (χ3v) is 6.47. The molecule has 1 unspecified atom stereocenters. The fourth-order valence-corrected chi connectivity index (χ4v) is 4.42. The quantitative estimate of drug-likeness (QED) is 0.117. The van der Waals surface area contributed by atoms with Gasteiger partial charge in [0.1, 0.15) is 37.4 Å². The van der Waals surface area contributed by atoms with Gasteiger partial charge in [0.05, 0.1) is 18.7 Å². The topological polar surface area (TPSA) is 84.2 Å². The van der Waals surface area contributed by atoms with Gasteiger partial charge in [-0.2, -0.15) is 13.2 Å². The molecule has 216 valence electrons. The van der Waals surface area contributed by atoms with Crippen molar-refractivity contribution in [2.75, 3.05) is 27.4 Å². The summed E-state index contributed by atoms with van der Waals surface area (Å²) < 4.78 is 54.6. The normalized spacial score (nSPS) is 12.8. The number of oxime groups is 1. The molecule has 0 aliphatic rings. The number of nitrogens with zero attached hydrogens (tertiary/aromatic N) is 3. The first kappa shape index (κ1) is 29.9. The zero-order valence-corrected chi connectivity index (χ0v) is 23.0. The number of aromatic nitrogens is 2. The van der Waals surface area contributed by atoms with E-state index in [9.17, 15) is 18.0 Å². The van der Waals surface area contributed by atoms with E-state index in [0.29, 0.717) is 46.4 Å². The van der Waals surface area contributed by atoms with E-state index in [1.165, 1.54) is 7.11 Å². The van der Waals surface area contributed by atoms with Crippen molar-refractivity contribution in [2.24, 2.45) is 5.16 Å². The molecule has 41 heavy (non-hydrogen) atoms. The molecule has 8 nitrogen and oxygen atoms in total. The van der Waals surface area contributed by atoms with Crippen LogP contribution in [0.5, 0.6) is 5.75 Å². The van der Waals surface area contributed by atoms with Crippen LogP contribution in [0.1, 0.15) is 16.7 Å². The molecule has 12 heteroatoms. The highest BCUT2D eigenvalue weighted by atomic mass is 35.5. The van der Waals surface area contributed by atoms with Gasteiger partial charge in [0.15, 0.2) is 6.10 Å². The second-order valence-electron chi connectivity index (χ2n) is 8.86. The Morgan fingerprint density at radius 2 is 1.80 bits per heavy atom. The molecule has 2 heterocycles. The standard InChI is InChI=1S/C29H27ClF3N3O5/c1-38-28(37)24(41-18-29(31,32)33)16-19-8-10-21(11-9-19)40-15-14-36-13-12-22-25(30)23(17-34-27(22)36)26(35-39-2)20-6-4-3-5-7-20/h3-13,17,24H,14-16,18H2,1-2H3. The molecule has 0 N–H and O–H groups in total. The lowest BCUT2D eigenvalue weighted by Gasteiger charge is -2.17. The summed E-state index contributed by atoms with van der Waals surface area (Å²) in [6.07, 6.45) is -2.48. The summed E-state index contributed by atoms with van der Waals surface area (Å²) in [4.78, 5) is 21.5. The summed E-state index contributed by atoms with van der Waals surface area (Å²) in [6, 6.07) is 18.0. The maximum atomic E-state index is 12.5. The summed E-state index contributed by atoms with van der Waals surface area (Å²) in [5.41, 5.74) is 3.31. The first-order chi connectivity index (χ1) is 19.7. The van der Waals surface area contributed by atoms with E-state index in [2.05, 4.69) is 14.9 Å². The van der Waals surface area contributed by atoms with Crippen molar-refractivity contribution < 1.29 is 37.0 Å². The Bertz CT molecular complexity index is 1490. The molecule has 1 atom stereocenters. The highest BCUT2D eigenvalue weighted by Crippen LogP contribution is 2.29. The van der Waals surface area contributed by atoms with E-state index in [1.54, 1.807) is 30.5 Å². The maximum absolute atomic E-state index is 12.5. The zero-order valence-electron chi connectivity index (χ0n) is 22.2. The van der Waals surface area contributed by atoms with Gasteiger partial charge in [-0.05, 0) is 23.8 Å². The number of methoxy groups -OCH3 is 1. The molecule has 2 aromatic heterocycles. The number of benzene rings is 2. The Morgan fingerprint density at radius 1 is 1.07 bits per heavy atom. The summed E-state index contributed by atoms with van der Waals surface area (Å²) in [6.45, 7) is -0.760. The lowest BCUT2D eigenvalue weighted by atomic mass is 10.0. The molecule has 0 aliphatic carbocycles. The Hall–Kier alpha value is -4.09. The number of rotatable bonds is 12. The predicted octanol–water partition coefficient (Wildman–Crippen LogP) is 5.83. The minimum Gasteiger partial charge on any atom is -0.492 e. The van der Waals surface area contributed by atoms with Crippen molar-refractivity contribution in [1.29, 1.82) is 0 Å². The van der Waals surface area contributed by atoms with E-state index in [0.717, 1.165) is 18.1 Å². The first-order valence-corrected chi connectivity index (χ1v) is 12.9. The van der Waals surface area contributed by atoms with Crippen molar-refractivity contribution in [3.05, 3.63) is 94.8 Å². The molecular formula is C29H27ClF3N3O5. The fraction of sp³-hybridized carbons (Fsp3) is 0.276. The second-order valence-corrected chi connectivity index (χ2v) is 9.23. The number of carbonyl (C=O) groups is 1. The summed E-state index contributed by atoms with van der Waals surface area (Å²) in [5, 5.41) is 5.41. The van der Waals surface area contributed by atoms with Crippen LogP contribution in [0.2, 0.25) is 5.02 Å². The number of ether oxygens (including phenoxy) is 3. The van der Waals surface area contributed by atoms with E-state index in [1.807, 2.05) is 47.2 Å². The van der Waals surface area contributed by atoms with Gasteiger partial charge in [-0.1, -0.05) is 59.2 Å². The average Bonchev–Trinajstić information content (AvgIpc) is 3.38. The smallest absolute Gasteiger partial charge is 0.411 e. The number of alkyl halides is 3. The third kappa shape index (κ3) is 7.77. The predicted molar refractivity (Wildman–Crippen MR) is 147 cm³/mol. The third-order valence-electron chi connectivity index (χ3n) is 6.07. The zero-order chi connectivity index (χ0) is 29.4. The number of pyridine rings is 1. The van der Waals surface area contributed by atoms with Crippen LogP contribution < -0.4 is 4.74 Å². The van der Waals surface area contributed by atoms with Crippen molar-refractivity contribution >= 4 is 34.3 Å². The van der Waals surface area contributed by atoms with Crippen molar-refractivity contribution in [3.8, 4) is 5.75 Å². The first-order valence-electron chi connectivity index (χ1n) is 12.5. The van der Waals surface area contributed by atoms with Gasteiger partial charge < -0.3 is 23.6 Å². The lowest BCUT2D eigenvalue weighted by molar-refractivity contribution is -0.193. The minimum absolute atomic E-state index is 0.0755. The molecular weight excluding hydrogens is 563 g/mol. The van der Waals surface area contributed by atoms with E-state index >= 15 is 0 Å². The Balaban J connectivity index is 1.39. The van der Waals surface area contributed by atoms with Gasteiger partial charge >= 0.3 is 12.1 Å². The molecule has 2 aromatic carbocycles. The van der Waals surface area contributed by atoms with Crippen molar-refractivity contribution in [3.63, 3.8) is 0 Å². The largest absolute Gasteiger partial charge is 0.492 e. The van der Waals surface area contributed by atoms with Gasteiger partial charge in [0, 0.05) is 35.3 Å². The molecule has 0 radical (unpaired) electrons. The molecule has 4 aromatic rings. The second kappa shape index (κ2) is 13.5. The summed E-state index contributed by atoms with van der Waals surface area (Å²) >= 11 is 6.77. The Morgan fingerprint density at radius 3 is 2.46 bits per heavy atom.